The molecule has 0 fully saturated rings. The summed E-state index contributed by atoms with van der Waals surface area (Å²) >= 11 is 8.82. The van der Waals surface area contributed by atoms with Gasteiger partial charge in [0.25, 0.3) is 0 Å². The molecule has 0 heterocycles. The van der Waals surface area contributed by atoms with Gasteiger partial charge in [0.05, 0.1) is 4.20 Å². The minimum absolute atomic E-state index is 0.629. The molecule has 0 aliphatic heterocycles. The average Bonchev–Trinajstić information content (AvgIpc) is 1.90. The molecule has 0 aliphatic rings. The second-order valence-corrected chi connectivity index (χ2v) is 2.75. The highest BCUT2D eigenvalue weighted by Gasteiger charge is 1.89. The topological polar surface area (TPSA) is 0 Å². The summed E-state index contributed by atoms with van der Waals surface area (Å²) in [6.45, 7) is 0. The van der Waals surface area contributed by atoms with E-state index in [0.29, 0.717) is 4.20 Å². The molecule has 0 spiro atoms. The van der Waals surface area contributed by atoms with Crippen LogP contribution in [0.1, 0.15) is 5.56 Å². The Hall–Kier alpha value is -0.340. The van der Waals surface area contributed by atoms with Gasteiger partial charge in [-0.05, 0) is 11.6 Å². The fraction of sp³-hybridized carbons (Fsp3) is 0. The third-order valence-corrected chi connectivity index (χ3v) is 1.46. The number of thiocarbonyl (C=S) groups is 1. The van der Waals surface area contributed by atoms with Crippen molar-refractivity contribution in [2.24, 2.45) is 0 Å². The van der Waals surface area contributed by atoms with Crippen molar-refractivity contribution in [1.82, 2.24) is 0 Å². The lowest BCUT2D eigenvalue weighted by molar-refractivity contribution is 1.67. The van der Waals surface area contributed by atoms with Crippen LogP contribution in [0.25, 0.3) is 0 Å². The van der Waals surface area contributed by atoms with Crippen molar-refractivity contribution in [3.63, 3.8) is 0 Å². The van der Waals surface area contributed by atoms with Crippen LogP contribution in [0.5, 0.6) is 0 Å². The highest BCUT2D eigenvalue weighted by Crippen LogP contribution is 2.02. The van der Waals surface area contributed by atoms with E-state index in [1.54, 1.807) is 0 Å². The van der Waals surface area contributed by atoms with Crippen molar-refractivity contribution in [2.75, 3.05) is 0 Å². The number of hydrogen-bond donors (Lipinski definition) is 1. The Bertz CT molecular complexity index is 203. The van der Waals surface area contributed by atoms with Crippen LogP contribution in [-0.4, -0.2) is 4.20 Å². The molecule has 45 valence electrons. The predicted molar refractivity (Wildman–Crippen MR) is 46.0 cm³/mol. The van der Waals surface area contributed by atoms with Crippen LogP contribution in [0.15, 0.2) is 24.3 Å². The monoisotopic (exact) mass is 153 g/mol. The van der Waals surface area contributed by atoms with Gasteiger partial charge in [-0.3, -0.25) is 0 Å². The van der Waals surface area contributed by atoms with Crippen LogP contribution in [0, 0.1) is 6.07 Å². The molecule has 1 radical (unpaired) electrons. The van der Waals surface area contributed by atoms with E-state index in [1.165, 1.54) is 0 Å². The first-order valence-electron chi connectivity index (χ1n) is 2.50. The Balaban J connectivity index is 2.98. The molecule has 1 aromatic rings. The van der Waals surface area contributed by atoms with E-state index >= 15 is 0 Å². The molecule has 0 saturated heterocycles. The van der Waals surface area contributed by atoms with E-state index in [-0.39, 0.29) is 0 Å². The molecule has 0 saturated carbocycles. The van der Waals surface area contributed by atoms with Gasteiger partial charge in [0.2, 0.25) is 0 Å². The van der Waals surface area contributed by atoms with E-state index in [0.717, 1.165) is 5.56 Å². The molecule has 2 heteroatoms. The molecule has 0 unspecified atom stereocenters. The maximum Gasteiger partial charge on any atom is 0.0747 e. The van der Waals surface area contributed by atoms with E-state index < -0.39 is 0 Å². The van der Waals surface area contributed by atoms with Crippen molar-refractivity contribution in [2.45, 2.75) is 0 Å². The van der Waals surface area contributed by atoms with Crippen LogP contribution < -0.4 is 0 Å². The van der Waals surface area contributed by atoms with E-state index in [9.17, 15) is 0 Å². The number of hydrogen-bond acceptors (Lipinski definition) is 1. The summed E-state index contributed by atoms with van der Waals surface area (Å²) < 4.78 is 0.629. The Kier molecular flexibility index (Phi) is 2.25. The summed E-state index contributed by atoms with van der Waals surface area (Å²) in [7, 11) is 0. The van der Waals surface area contributed by atoms with Gasteiger partial charge in [-0.2, -0.15) is 0 Å². The predicted octanol–water partition coefficient (Wildman–Crippen LogP) is 2.09. The Morgan fingerprint density at radius 2 is 2.00 bits per heavy atom. The molecule has 0 bridgehead atoms. The molecule has 0 N–H and O–H groups in total. The maximum atomic E-state index is 4.81. The normalized spacial score (nSPS) is 9.00. The molecular formula is C7H5S2. The summed E-state index contributed by atoms with van der Waals surface area (Å²) in [6, 6.07) is 10.3. The second kappa shape index (κ2) is 2.99. The van der Waals surface area contributed by atoms with E-state index in [1.807, 2.05) is 24.3 Å². The fourth-order valence-corrected chi connectivity index (χ4v) is 0.815. The van der Waals surface area contributed by atoms with Crippen LogP contribution in [0.2, 0.25) is 0 Å². The van der Waals surface area contributed by atoms with Crippen LogP contribution in [-0.2, 0) is 0 Å². The second-order valence-electron chi connectivity index (χ2n) is 1.59. The standard InChI is InChI=1S/C7H5S2/c8-7(9)6-4-2-1-3-5-6/h2-5H,(H,8,9). The number of rotatable bonds is 1. The molecular weight excluding hydrogens is 148 g/mol. The van der Waals surface area contributed by atoms with Crippen LogP contribution in [0.4, 0.5) is 0 Å². The minimum atomic E-state index is 0.629. The van der Waals surface area contributed by atoms with Crippen LogP contribution >= 0.6 is 24.8 Å². The van der Waals surface area contributed by atoms with Crippen molar-refractivity contribution in [1.29, 1.82) is 0 Å². The molecule has 0 amide bonds. The molecule has 1 aromatic carbocycles. The largest absolute Gasteiger partial charge is 0.131 e. The quantitative estimate of drug-likeness (QED) is 0.476. The fourth-order valence-electron chi connectivity index (χ4n) is 0.529. The first kappa shape index (κ1) is 6.78. The van der Waals surface area contributed by atoms with Gasteiger partial charge in [0.15, 0.2) is 0 Å². The first-order valence-corrected chi connectivity index (χ1v) is 3.35. The zero-order valence-corrected chi connectivity index (χ0v) is 6.38. The lowest BCUT2D eigenvalue weighted by atomic mass is 10.2. The summed E-state index contributed by atoms with van der Waals surface area (Å²) in [5, 5.41) is 0. The lowest BCUT2D eigenvalue weighted by Crippen LogP contribution is -1.83. The van der Waals surface area contributed by atoms with Crippen molar-refractivity contribution in [3.8, 4) is 0 Å². The summed E-state index contributed by atoms with van der Waals surface area (Å²) in [5.74, 6) is 0. The van der Waals surface area contributed by atoms with Gasteiger partial charge in [-0.1, -0.05) is 36.5 Å². The molecule has 1 rings (SSSR count). The maximum absolute atomic E-state index is 4.81. The third-order valence-electron chi connectivity index (χ3n) is 0.965. The Morgan fingerprint density at radius 3 is 2.33 bits per heavy atom. The molecule has 0 atom stereocenters. The summed E-state index contributed by atoms with van der Waals surface area (Å²) in [4.78, 5) is 0. The highest BCUT2D eigenvalue weighted by atomic mass is 32.1. The van der Waals surface area contributed by atoms with E-state index in [4.69, 9.17) is 12.2 Å². The van der Waals surface area contributed by atoms with Crippen molar-refractivity contribution < 1.29 is 0 Å². The van der Waals surface area contributed by atoms with E-state index in [2.05, 4.69) is 18.7 Å². The zero-order valence-electron chi connectivity index (χ0n) is 4.66. The van der Waals surface area contributed by atoms with Crippen LogP contribution in [0.3, 0.4) is 0 Å². The van der Waals surface area contributed by atoms with Gasteiger partial charge in [0, 0.05) is 0 Å². The SMILES string of the molecule is S=C(S)c1cc[c]cc1. The molecule has 9 heavy (non-hydrogen) atoms. The smallest absolute Gasteiger partial charge is 0.0747 e. The molecule has 0 aliphatic carbocycles. The molecule has 0 aromatic heterocycles. The Labute approximate surface area is 65.3 Å². The zero-order chi connectivity index (χ0) is 6.69. The van der Waals surface area contributed by atoms with Crippen molar-refractivity contribution in [3.05, 3.63) is 35.9 Å². The summed E-state index contributed by atoms with van der Waals surface area (Å²) in [5.41, 5.74) is 0.979. The lowest BCUT2D eigenvalue weighted by Gasteiger charge is -1.91. The van der Waals surface area contributed by atoms with Gasteiger partial charge >= 0.3 is 0 Å². The van der Waals surface area contributed by atoms with Gasteiger partial charge in [0.1, 0.15) is 0 Å². The molecule has 0 nitrogen and oxygen atoms in total. The summed E-state index contributed by atoms with van der Waals surface area (Å²) in [6.07, 6.45) is 0. The number of benzene rings is 1. The minimum Gasteiger partial charge on any atom is -0.131 e. The highest BCUT2D eigenvalue weighted by molar-refractivity contribution is 8.11. The van der Waals surface area contributed by atoms with Gasteiger partial charge in [-0.25, -0.2) is 0 Å². The average molecular weight is 153 g/mol. The van der Waals surface area contributed by atoms with Crippen molar-refractivity contribution >= 4 is 29.0 Å². The number of thiol groups is 1. The third kappa shape index (κ3) is 1.80. The van der Waals surface area contributed by atoms with Gasteiger partial charge in [-0.15, -0.1) is 12.6 Å². The Morgan fingerprint density at radius 1 is 1.44 bits per heavy atom. The first-order chi connectivity index (χ1) is 4.30. The van der Waals surface area contributed by atoms with Gasteiger partial charge < -0.3 is 0 Å².